The van der Waals surface area contributed by atoms with Crippen molar-refractivity contribution in [3.63, 3.8) is 0 Å². The maximum absolute atomic E-state index is 5.66. The standard InChI is InChI=1S/C15H26N2O/c1-12(2)13-8-6-9-14(17-13)18-11-7-10-16-15(3,4)5/h6,8-9,12,16H,7,10-11H2,1-5H3. The number of nitrogens with one attached hydrogen (secondary N) is 1. The van der Waals surface area contributed by atoms with Crippen molar-refractivity contribution >= 4 is 0 Å². The quantitative estimate of drug-likeness (QED) is 0.786. The van der Waals surface area contributed by atoms with Gasteiger partial charge in [-0.05, 0) is 45.7 Å². The van der Waals surface area contributed by atoms with Gasteiger partial charge in [0.15, 0.2) is 0 Å². The van der Waals surface area contributed by atoms with Gasteiger partial charge in [0.2, 0.25) is 5.88 Å². The minimum absolute atomic E-state index is 0.176. The third-order valence-corrected chi connectivity index (χ3v) is 2.56. The van der Waals surface area contributed by atoms with E-state index < -0.39 is 0 Å². The van der Waals surface area contributed by atoms with Gasteiger partial charge in [-0.1, -0.05) is 19.9 Å². The molecule has 0 atom stereocenters. The van der Waals surface area contributed by atoms with Crippen LogP contribution in [0.15, 0.2) is 18.2 Å². The molecule has 0 aliphatic rings. The highest BCUT2D eigenvalue weighted by Gasteiger charge is 2.07. The average Bonchev–Trinajstić information content (AvgIpc) is 2.27. The highest BCUT2D eigenvalue weighted by atomic mass is 16.5. The molecule has 102 valence electrons. The molecule has 0 saturated heterocycles. The van der Waals surface area contributed by atoms with Crippen LogP contribution < -0.4 is 10.1 Å². The number of pyridine rings is 1. The molecule has 0 bridgehead atoms. The van der Waals surface area contributed by atoms with Crippen LogP contribution in [0.3, 0.4) is 0 Å². The molecule has 1 N–H and O–H groups in total. The fraction of sp³-hybridized carbons (Fsp3) is 0.667. The largest absolute Gasteiger partial charge is 0.478 e. The first-order valence-electron chi connectivity index (χ1n) is 6.73. The van der Waals surface area contributed by atoms with Gasteiger partial charge in [0.1, 0.15) is 0 Å². The van der Waals surface area contributed by atoms with E-state index in [0.717, 1.165) is 24.5 Å². The fourth-order valence-electron chi connectivity index (χ4n) is 1.55. The second kappa shape index (κ2) is 6.74. The molecule has 3 nitrogen and oxygen atoms in total. The summed E-state index contributed by atoms with van der Waals surface area (Å²) in [4.78, 5) is 4.48. The average molecular weight is 250 g/mol. The predicted molar refractivity (Wildman–Crippen MR) is 76.2 cm³/mol. The first kappa shape index (κ1) is 15.0. The van der Waals surface area contributed by atoms with Crippen molar-refractivity contribution in [2.45, 2.75) is 52.5 Å². The van der Waals surface area contributed by atoms with E-state index in [9.17, 15) is 0 Å². The molecular formula is C15H26N2O. The van der Waals surface area contributed by atoms with Crippen molar-refractivity contribution in [2.75, 3.05) is 13.2 Å². The summed E-state index contributed by atoms with van der Waals surface area (Å²) >= 11 is 0. The SMILES string of the molecule is CC(C)c1cccc(OCCCNC(C)(C)C)n1. The lowest BCUT2D eigenvalue weighted by molar-refractivity contribution is 0.287. The summed E-state index contributed by atoms with van der Waals surface area (Å²) in [5, 5.41) is 3.44. The Morgan fingerprint density at radius 3 is 2.61 bits per heavy atom. The molecule has 0 aliphatic heterocycles. The fourth-order valence-corrected chi connectivity index (χ4v) is 1.55. The van der Waals surface area contributed by atoms with Gasteiger partial charge in [-0.3, -0.25) is 0 Å². The number of hydrogen-bond acceptors (Lipinski definition) is 3. The monoisotopic (exact) mass is 250 g/mol. The first-order chi connectivity index (χ1) is 8.38. The number of aromatic nitrogens is 1. The topological polar surface area (TPSA) is 34.1 Å². The second-order valence-electron chi connectivity index (χ2n) is 5.93. The zero-order chi connectivity index (χ0) is 13.6. The van der Waals surface area contributed by atoms with Crippen molar-refractivity contribution in [3.05, 3.63) is 23.9 Å². The van der Waals surface area contributed by atoms with E-state index in [1.165, 1.54) is 0 Å². The molecule has 0 fully saturated rings. The molecule has 0 radical (unpaired) electrons. The van der Waals surface area contributed by atoms with Crippen LogP contribution in [0, 0.1) is 0 Å². The molecule has 1 aromatic heterocycles. The third-order valence-electron chi connectivity index (χ3n) is 2.56. The van der Waals surface area contributed by atoms with E-state index in [4.69, 9.17) is 4.74 Å². The summed E-state index contributed by atoms with van der Waals surface area (Å²) in [5.41, 5.74) is 1.26. The van der Waals surface area contributed by atoms with Crippen molar-refractivity contribution in [3.8, 4) is 5.88 Å². The maximum atomic E-state index is 5.66. The Kier molecular flexibility index (Phi) is 5.60. The van der Waals surface area contributed by atoms with Crippen LogP contribution in [0.2, 0.25) is 0 Å². The van der Waals surface area contributed by atoms with Crippen LogP contribution >= 0.6 is 0 Å². The van der Waals surface area contributed by atoms with Gasteiger partial charge >= 0.3 is 0 Å². The van der Waals surface area contributed by atoms with Gasteiger partial charge in [-0.15, -0.1) is 0 Å². The van der Waals surface area contributed by atoms with Gasteiger partial charge in [0.05, 0.1) is 6.61 Å². The van der Waals surface area contributed by atoms with Crippen LogP contribution in [0.4, 0.5) is 0 Å². The number of nitrogens with zero attached hydrogens (tertiary/aromatic N) is 1. The van der Waals surface area contributed by atoms with Crippen LogP contribution in [0.1, 0.15) is 52.7 Å². The van der Waals surface area contributed by atoms with Crippen molar-refractivity contribution in [2.24, 2.45) is 0 Å². The molecular weight excluding hydrogens is 224 g/mol. The minimum atomic E-state index is 0.176. The Labute approximate surface area is 111 Å². The second-order valence-corrected chi connectivity index (χ2v) is 5.93. The zero-order valence-electron chi connectivity index (χ0n) is 12.3. The summed E-state index contributed by atoms with van der Waals surface area (Å²) in [6, 6.07) is 5.97. The molecule has 1 rings (SSSR count). The molecule has 0 aromatic carbocycles. The minimum Gasteiger partial charge on any atom is -0.478 e. The molecule has 0 aliphatic carbocycles. The van der Waals surface area contributed by atoms with E-state index in [2.05, 4.69) is 44.9 Å². The zero-order valence-corrected chi connectivity index (χ0v) is 12.3. The van der Waals surface area contributed by atoms with E-state index in [1.54, 1.807) is 0 Å². The van der Waals surface area contributed by atoms with Gasteiger partial charge in [-0.2, -0.15) is 0 Å². The smallest absolute Gasteiger partial charge is 0.213 e. The Morgan fingerprint density at radius 1 is 1.28 bits per heavy atom. The lowest BCUT2D eigenvalue weighted by Crippen LogP contribution is -2.36. The van der Waals surface area contributed by atoms with Gasteiger partial charge in [0, 0.05) is 17.3 Å². The molecule has 1 heterocycles. The summed E-state index contributed by atoms with van der Waals surface area (Å²) in [6.45, 7) is 12.5. The Morgan fingerprint density at radius 2 is 2.00 bits per heavy atom. The normalized spacial score (nSPS) is 11.9. The van der Waals surface area contributed by atoms with Gasteiger partial charge in [0.25, 0.3) is 0 Å². The van der Waals surface area contributed by atoms with E-state index >= 15 is 0 Å². The highest BCUT2D eigenvalue weighted by molar-refractivity contribution is 5.17. The van der Waals surface area contributed by atoms with Gasteiger partial charge in [-0.25, -0.2) is 4.98 Å². The molecule has 3 heteroatoms. The third kappa shape index (κ3) is 6.01. The number of hydrogen-bond donors (Lipinski definition) is 1. The summed E-state index contributed by atoms with van der Waals surface area (Å²) in [5.74, 6) is 1.17. The Hall–Kier alpha value is -1.09. The van der Waals surface area contributed by atoms with Crippen molar-refractivity contribution in [1.29, 1.82) is 0 Å². The maximum Gasteiger partial charge on any atom is 0.213 e. The molecule has 0 spiro atoms. The summed E-state index contributed by atoms with van der Waals surface area (Å²) in [6.07, 6.45) is 0.991. The van der Waals surface area contributed by atoms with Crippen LogP contribution in [-0.2, 0) is 0 Å². The van der Waals surface area contributed by atoms with Crippen molar-refractivity contribution < 1.29 is 4.74 Å². The van der Waals surface area contributed by atoms with E-state index in [0.29, 0.717) is 12.5 Å². The van der Waals surface area contributed by atoms with Gasteiger partial charge < -0.3 is 10.1 Å². The number of ether oxygens (including phenoxy) is 1. The molecule has 0 saturated carbocycles. The lowest BCUT2D eigenvalue weighted by atomic mass is 10.1. The highest BCUT2D eigenvalue weighted by Crippen LogP contribution is 2.15. The molecule has 0 unspecified atom stereocenters. The first-order valence-corrected chi connectivity index (χ1v) is 6.73. The summed E-state index contributed by atoms with van der Waals surface area (Å²) in [7, 11) is 0. The number of rotatable bonds is 6. The Balaban J connectivity index is 2.29. The lowest BCUT2D eigenvalue weighted by Gasteiger charge is -2.20. The molecule has 0 amide bonds. The van der Waals surface area contributed by atoms with Crippen LogP contribution in [0.5, 0.6) is 5.88 Å². The summed E-state index contributed by atoms with van der Waals surface area (Å²) < 4.78 is 5.66. The molecule has 1 aromatic rings. The molecule has 18 heavy (non-hydrogen) atoms. The Bertz CT molecular complexity index is 356. The van der Waals surface area contributed by atoms with Crippen molar-refractivity contribution in [1.82, 2.24) is 10.3 Å². The van der Waals surface area contributed by atoms with E-state index in [1.807, 2.05) is 18.2 Å². The van der Waals surface area contributed by atoms with Crippen LogP contribution in [0.25, 0.3) is 0 Å². The van der Waals surface area contributed by atoms with E-state index in [-0.39, 0.29) is 5.54 Å². The predicted octanol–water partition coefficient (Wildman–Crippen LogP) is 3.36. The van der Waals surface area contributed by atoms with Crippen LogP contribution in [-0.4, -0.2) is 23.7 Å².